The van der Waals surface area contributed by atoms with Gasteiger partial charge in [-0.25, -0.2) is 4.68 Å². The molecule has 2 heterocycles. The van der Waals surface area contributed by atoms with Gasteiger partial charge >= 0.3 is 0 Å². The van der Waals surface area contributed by atoms with Crippen molar-refractivity contribution in [1.82, 2.24) is 15.0 Å². The first kappa shape index (κ1) is 16.6. The normalized spacial score (nSPS) is 12.9. The summed E-state index contributed by atoms with van der Waals surface area (Å²) in [4.78, 5) is 12.8. The highest BCUT2D eigenvalue weighted by atomic mass is 35.5. The molecule has 3 aromatic rings. The van der Waals surface area contributed by atoms with E-state index in [1.54, 1.807) is 0 Å². The molecule has 0 spiro atoms. The van der Waals surface area contributed by atoms with Crippen molar-refractivity contribution in [2.45, 2.75) is 20.1 Å². The number of hydrogen-bond donors (Lipinski definition) is 0. The van der Waals surface area contributed by atoms with Gasteiger partial charge < -0.3 is 9.64 Å². The van der Waals surface area contributed by atoms with Crippen LogP contribution in [0.2, 0.25) is 5.02 Å². The molecule has 1 aliphatic rings. The Hall–Kier alpha value is -2.86. The first-order valence-corrected chi connectivity index (χ1v) is 8.67. The Labute approximate surface area is 155 Å². The van der Waals surface area contributed by atoms with Gasteiger partial charge in [0.1, 0.15) is 6.61 Å². The molecule has 6 nitrogen and oxygen atoms in total. The van der Waals surface area contributed by atoms with Gasteiger partial charge in [0.05, 0.1) is 23.6 Å². The molecule has 1 aromatic heterocycles. The summed E-state index contributed by atoms with van der Waals surface area (Å²) in [5, 5.41) is 9.20. The highest BCUT2D eigenvalue weighted by molar-refractivity contribution is 6.30. The fourth-order valence-electron chi connectivity index (χ4n) is 3.32. The SMILES string of the molecule is Cc1nnn2c1-c1ccc(COC=O)cc1N(c1ccc(Cl)cc1)CC2. The third-order valence-corrected chi connectivity index (χ3v) is 4.76. The lowest BCUT2D eigenvalue weighted by atomic mass is 10.0. The van der Waals surface area contributed by atoms with Gasteiger partial charge in [-0.1, -0.05) is 28.9 Å². The van der Waals surface area contributed by atoms with Crippen LogP contribution in [0, 0.1) is 6.92 Å². The molecule has 0 N–H and O–H groups in total. The summed E-state index contributed by atoms with van der Waals surface area (Å²) in [6.07, 6.45) is 0. The van der Waals surface area contributed by atoms with E-state index in [9.17, 15) is 4.79 Å². The number of halogens is 1. The van der Waals surface area contributed by atoms with Gasteiger partial charge in [-0.15, -0.1) is 5.10 Å². The molecule has 0 bridgehead atoms. The van der Waals surface area contributed by atoms with Crippen LogP contribution in [-0.2, 0) is 22.7 Å². The van der Waals surface area contributed by atoms with Crippen molar-refractivity contribution in [3.8, 4) is 11.3 Å². The fraction of sp³-hybridized carbons (Fsp3) is 0.211. The zero-order valence-electron chi connectivity index (χ0n) is 14.2. The molecule has 0 amide bonds. The van der Waals surface area contributed by atoms with Crippen molar-refractivity contribution in [1.29, 1.82) is 0 Å². The van der Waals surface area contributed by atoms with E-state index < -0.39 is 0 Å². The quantitative estimate of drug-likeness (QED) is 0.657. The van der Waals surface area contributed by atoms with Crippen LogP contribution < -0.4 is 4.90 Å². The second-order valence-electron chi connectivity index (χ2n) is 6.13. The van der Waals surface area contributed by atoms with E-state index in [4.69, 9.17) is 16.3 Å². The van der Waals surface area contributed by atoms with Crippen LogP contribution >= 0.6 is 11.6 Å². The minimum atomic E-state index is 0.238. The maximum absolute atomic E-state index is 10.5. The maximum Gasteiger partial charge on any atom is 0.293 e. The summed E-state index contributed by atoms with van der Waals surface area (Å²) in [5.74, 6) is 0. The van der Waals surface area contributed by atoms with E-state index in [-0.39, 0.29) is 6.61 Å². The topological polar surface area (TPSA) is 60.2 Å². The number of rotatable bonds is 4. The third-order valence-electron chi connectivity index (χ3n) is 4.50. The number of fused-ring (bicyclic) bond motifs is 3. The first-order chi connectivity index (χ1) is 12.7. The maximum atomic E-state index is 10.5. The number of anilines is 2. The van der Waals surface area contributed by atoms with Crippen molar-refractivity contribution in [3.05, 3.63) is 58.7 Å². The lowest BCUT2D eigenvalue weighted by molar-refractivity contribution is -0.129. The zero-order chi connectivity index (χ0) is 18.1. The Kier molecular flexibility index (Phi) is 4.34. The van der Waals surface area contributed by atoms with E-state index in [2.05, 4.69) is 21.3 Å². The summed E-state index contributed by atoms with van der Waals surface area (Å²) >= 11 is 6.05. The van der Waals surface area contributed by atoms with Crippen molar-refractivity contribution in [2.24, 2.45) is 0 Å². The molecule has 0 radical (unpaired) electrons. The molecule has 0 fully saturated rings. The van der Waals surface area contributed by atoms with Crippen LogP contribution in [0.4, 0.5) is 11.4 Å². The number of nitrogens with zero attached hydrogens (tertiary/aromatic N) is 4. The Morgan fingerprint density at radius 1 is 1.19 bits per heavy atom. The van der Waals surface area contributed by atoms with Gasteiger partial charge in [-0.3, -0.25) is 4.79 Å². The Morgan fingerprint density at radius 3 is 2.77 bits per heavy atom. The molecule has 4 rings (SSSR count). The Morgan fingerprint density at radius 2 is 2.00 bits per heavy atom. The predicted octanol–water partition coefficient (Wildman–Crippen LogP) is 3.73. The summed E-state index contributed by atoms with van der Waals surface area (Å²) in [6.45, 7) is 4.12. The molecular formula is C19H17ClN4O2. The summed E-state index contributed by atoms with van der Waals surface area (Å²) in [6, 6.07) is 13.8. The molecule has 0 unspecified atom stereocenters. The first-order valence-electron chi connectivity index (χ1n) is 8.29. The molecule has 0 saturated carbocycles. The lowest BCUT2D eigenvalue weighted by Crippen LogP contribution is -2.21. The molecule has 7 heteroatoms. The molecule has 1 aliphatic heterocycles. The minimum Gasteiger partial charge on any atom is -0.463 e. The Balaban J connectivity index is 1.87. The highest BCUT2D eigenvalue weighted by Gasteiger charge is 2.24. The number of hydrogen-bond acceptors (Lipinski definition) is 5. The molecule has 0 aliphatic carbocycles. The number of carbonyl (C=O) groups is 1. The lowest BCUT2D eigenvalue weighted by Gasteiger charge is -2.25. The minimum absolute atomic E-state index is 0.238. The van der Waals surface area contributed by atoms with Gasteiger partial charge in [0.25, 0.3) is 6.47 Å². The van der Waals surface area contributed by atoms with Crippen LogP contribution in [0.5, 0.6) is 0 Å². The predicted molar refractivity (Wildman–Crippen MR) is 99.5 cm³/mol. The van der Waals surface area contributed by atoms with Crippen LogP contribution in [0.1, 0.15) is 11.3 Å². The summed E-state index contributed by atoms with van der Waals surface area (Å²) in [5.41, 5.74) is 5.95. The number of benzene rings is 2. The summed E-state index contributed by atoms with van der Waals surface area (Å²) < 4.78 is 6.87. The zero-order valence-corrected chi connectivity index (χ0v) is 15.0. The van der Waals surface area contributed by atoms with Crippen LogP contribution in [0.25, 0.3) is 11.3 Å². The van der Waals surface area contributed by atoms with Crippen LogP contribution in [0.3, 0.4) is 0 Å². The fourth-order valence-corrected chi connectivity index (χ4v) is 3.44. The van der Waals surface area contributed by atoms with E-state index in [0.29, 0.717) is 18.0 Å². The van der Waals surface area contributed by atoms with Crippen molar-refractivity contribution < 1.29 is 9.53 Å². The average molecular weight is 369 g/mol. The van der Waals surface area contributed by atoms with Gasteiger partial charge in [-0.2, -0.15) is 0 Å². The van der Waals surface area contributed by atoms with Crippen LogP contribution in [-0.4, -0.2) is 28.0 Å². The van der Waals surface area contributed by atoms with Crippen molar-refractivity contribution in [3.63, 3.8) is 0 Å². The van der Waals surface area contributed by atoms with Gasteiger partial charge in [0, 0.05) is 22.8 Å². The van der Waals surface area contributed by atoms with E-state index in [0.717, 1.165) is 40.4 Å². The second kappa shape index (κ2) is 6.80. The number of carbonyl (C=O) groups excluding carboxylic acids is 1. The van der Waals surface area contributed by atoms with E-state index in [1.807, 2.05) is 48.0 Å². The largest absolute Gasteiger partial charge is 0.463 e. The average Bonchev–Trinajstić information content (AvgIpc) is 2.93. The summed E-state index contributed by atoms with van der Waals surface area (Å²) in [7, 11) is 0. The number of aryl methyl sites for hydroxylation is 1. The Bertz CT molecular complexity index is 953. The monoisotopic (exact) mass is 368 g/mol. The van der Waals surface area contributed by atoms with Gasteiger partial charge in [-0.05, 0) is 42.8 Å². The third kappa shape index (κ3) is 2.93. The van der Waals surface area contributed by atoms with E-state index >= 15 is 0 Å². The van der Waals surface area contributed by atoms with Crippen molar-refractivity contribution in [2.75, 3.05) is 11.4 Å². The highest BCUT2D eigenvalue weighted by Crippen LogP contribution is 2.39. The second-order valence-corrected chi connectivity index (χ2v) is 6.57. The van der Waals surface area contributed by atoms with Crippen LogP contribution in [0.15, 0.2) is 42.5 Å². The number of ether oxygens (including phenoxy) is 1. The molecule has 26 heavy (non-hydrogen) atoms. The van der Waals surface area contributed by atoms with Gasteiger partial charge in [0.2, 0.25) is 0 Å². The van der Waals surface area contributed by atoms with Crippen molar-refractivity contribution >= 4 is 29.4 Å². The smallest absolute Gasteiger partial charge is 0.293 e. The molecule has 0 atom stereocenters. The van der Waals surface area contributed by atoms with Gasteiger partial charge in [0.15, 0.2) is 0 Å². The molecule has 132 valence electrons. The standard InChI is InChI=1S/C19H17ClN4O2/c1-13-19-17-7-2-14(11-26-12-25)10-18(17)23(8-9-24(19)22-21-13)16-5-3-15(20)4-6-16/h2-7,10,12H,8-9,11H2,1H3. The molecule has 2 aromatic carbocycles. The molecular weight excluding hydrogens is 352 g/mol. The van der Waals surface area contributed by atoms with E-state index in [1.165, 1.54) is 0 Å². The molecule has 0 saturated heterocycles. The number of aromatic nitrogens is 3.